The molecule has 154 valence electrons. The average molecular weight is 430 g/mol. The van der Waals surface area contributed by atoms with Crippen LogP contribution in [0.25, 0.3) is 15.9 Å². The van der Waals surface area contributed by atoms with Gasteiger partial charge in [-0.1, -0.05) is 32.5 Å². The molecule has 1 aliphatic carbocycles. The van der Waals surface area contributed by atoms with Crippen LogP contribution in [0.2, 0.25) is 0 Å². The van der Waals surface area contributed by atoms with Gasteiger partial charge in [-0.3, -0.25) is 9.20 Å². The molecular weight excluding hydrogens is 402 g/mol. The Hall–Kier alpha value is -1.67. The molecular formula is C21H27N5OS2. The summed E-state index contributed by atoms with van der Waals surface area (Å²) < 4.78 is 1.97. The SMILES string of the molecule is CC(C)(C)[C@H]1CCc2c(sc3ncn4c(SCC(=O)N5CCCC5)nnc4c23)C1. The van der Waals surface area contributed by atoms with E-state index in [1.54, 1.807) is 0 Å². The summed E-state index contributed by atoms with van der Waals surface area (Å²) in [4.78, 5) is 21.6. The molecule has 3 aromatic heterocycles. The summed E-state index contributed by atoms with van der Waals surface area (Å²) >= 11 is 3.28. The van der Waals surface area contributed by atoms with E-state index in [9.17, 15) is 4.79 Å². The fourth-order valence-electron chi connectivity index (χ4n) is 4.58. The van der Waals surface area contributed by atoms with Crippen LogP contribution in [0.1, 0.15) is 50.5 Å². The number of aryl methyl sites for hydroxylation is 1. The van der Waals surface area contributed by atoms with Gasteiger partial charge in [0, 0.05) is 18.0 Å². The lowest BCUT2D eigenvalue weighted by molar-refractivity contribution is -0.127. The van der Waals surface area contributed by atoms with E-state index in [1.807, 2.05) is 27.0 Å². The van der Waals surface area contributed by atoms with Crippen LogP contribution in [-0.2, 0) is 17.6 Å². The predicted molar refractivity (Wildman–Crippen MR) is 118 cm³/mol. The standard InChI is InChI=1S/C21H27N5OS2/c1-21(2,3)13-6-7-14-15(10-13)29-19-17(14)18-23-24-20(26(18)12-22-19)28-11-16(27)25-8-4-5-9-25/h12-13H,4-11H2,1-3H3/t13-/m0/s1. The Morgan fingerprint density at radius 1 is 1.28 bits per heavy atom. The monoisotopic (exact) mass is 429 g/mol. The van der Waals surface area contributed by atoms with Crippen molar-refractivity contribution in [1.82, 2.24) is 24.5 Å². The maximum Gasteiger partial charge on any atom is 0.233 e. The Morgan fingerprint density at radius 2 is 2.07 bits per heavy atom. The molecule has 0 spiro atoms. The highest BCUT2D eigenvalue weighted by Crippen LogP contribution is 2.43. The second kappa shape index (κ2) is 7.23. The van der Waals surface area contributed by atoms with E-state index in [2.05, 4.69) is 31.0 Å². The fourth-order valence-corrected chi connectivity index (χ4v) is 6.64. The van der Waals surface area contributed by atoms with Gasteiger partial charge in [0.05, 0.1) is 11.1 Å². The van der Waals surface area contributed by atoms with Crippen LogP contribution in [0, 0.1) is 11.3 Å². The lowest BCUT2D eigenvalue weighted by Crippen LogP contribution is -2.29. The van der Waals surface area contributed by atoms with Crippen molar-refractivity contribution in [2.75, 3.05) is 18.8 Å². The first kappa shape index (κ1) is 19.3. The van der Waals surface area contributed by atoms with Gasteiger partial charge >= 0.3 is 0 Å². The number of nitrogens with zero attached hydrogens (tertiary/aromatic N) is 5. The Kier molecular flexibility index (Phi) is 4.81. The zero-order valence-electron chi connectivity index (χ0n) is 17.3. The molecule has 0 N–H and O–H groups in total. The third-order valence-electron chi connectivity index (χ3n) is 6.43. The van der Waals surface area contributed by atoms with E-state index in [-0.39, 0.29) is 5.91 Å². The van der Waals surface area contributed by atoms with Gasteiger partial charge < -0.3 is 4.90 Å². The number of fused-ring (bicyclic) bond motifs is 5. The second-order valence-electron chi connectivity index (χ2n) is 9.29. The van der Waals surface area contributed by atoms with Gasteiger partial charge in [-0.25, -0.2) is 4.98 Å². The molecule has 0 bridgehead atoms. The van der Waals surface area contributed by atoms with E-state index in [0.717, 1.165) is 54.4 Å². The third kappa shape index (κ3) is 3.44. The van der Waals surface area contributed by atoms with Crippen LogP contribution in [-0.4, -0.2) is 49.2 Å². The summed E-state index contributed by atoms with van der Waals surface area (Å²) in [5.41, 5.74) is 2.63. The quantitative estimate of drug-likeness (QED) is 0.584. The Morgan fingerprint density at radius 3 is 2.83 bits per heavy atom. The normalized spacial score (nSPS) is 20.0. The zero-order chi connectivity index (χ0) is 20.2. The predicted octanol–water partition coefficient (Wildman–Crippen LogP) is 4.20. The van der Waals surface area contributed by atoms with Crippen molar-refractivity contribution >= 4 is 44.9 Å². The number of hydrogen-bond donors (Lipinski definition) is 0. The summed E-state index contributed by atoms with van der Waals surface area (Å²) in [5.74, 6) is 1.31. The molecule has 3 aromatic rings. The highest BCUT2D eigenvalue weighted by molar-refractivity contribution is 7.99. The summed E-state index contributed by atoms with van der Waals surface area (Å²) in [6, 6.07) is 0. The molecule has 1 fully saturated rings. The fraction of sp³-hybridized carbons (Fsp3) is 0.619. The molecule has 1 atom stereocenters. The van der Waals surface area contributed by atoms with E-state index < -0.39 is 0 Å². The van der Waals surface area contributed by atoms with Crippen LogP contribution < -0.4 is 0 Å². The van der Waals surface area contributed by atoms with Gasteiger partial charge in [0.15, 0.2) is 10.8 Å². The van der Waals surface area contributed by atoms with Gasteiger partial charge in [-0.2, -0.15) is 0 Å². The number of aromatic nitrogens is 4. The Labute approximate surface area is 179 Å². The Bertz CT molecular complexity index is 1070. The van der Waals surface area contributed by atoms with Crippen molar-refractivity contribution < 1.29 is 4.79 Å². The van der Waals surface area contributed by atoms with Gasteiger partial charge in [-0.05, 0) is 49.0 Å². The molecule has 0 saturated carbocycles. The minimum atomic E-state index is 0.194. The first-order valence-electron chi connectivity index (χ1n) is 10.5. The minimum Gasteiger partial charge on any atom is -0.342 e. The number of amides is 1. The number of rotatable bonds is 3. The first-order chi connectivity index (χ1) is 13.9. The molecule has 1 aliphatic heterocycles. The van der Waals surface area contributed by atoms with Crippen molar-refractivity contribution in [2.24, 2.45) is 11.3 Å². The van der Waals surface area contributed by atoms with Gasteiger partial charge in [-0.15, -0.1) is 21.5 Å². The highest BCUT2D eigenvalue weighted by Gasteiger charge is 2.32. The maximum atomic E-state index is 12.4. The molecule has 1 saturated heterocycles. The van der Waals surface area contributed by atoms with Gasteiger partial charge in [0.25, 0.3) is 0 Å². The molecule has 4 heterocycles. The molecule has 5 rings (SSSR count). The molecule has 6 nitrogen and oxygen atoms in total. The summed E-state index contributed by atoms with van der Waals surface area (Å²) in [5, 5.41) is 10.8. The van der Waals surface area contributed by atoms with Crippen LogP contribution in [0.15, 0.2) is 11.5 Å². The molecule has 0 unspecified atom stereocenters. The average Bonchev–Trinajstić information content (AvgIpc) is 3.41. The summed E-state index contributed by atoms with van der Waals surface area (Å²) in [6.45, 7) is 8.81. The van der Waals surface area contributed by atoms with Crippen LogP contribution in [0.5, 0.6) is 0 Å². The number of likely N-dealkylation sites (tertiary alicyclic amines) is 1. The number of carbonyl (C=O) groups is 1. The number of thiophene rings is 1. The number of hydrogen-bond acceptors (Lipinski definition) is 6. The third-order valence-corrected chi connectivity index (χ3v) is 8.52. The summed E-state index contributed by atoms with van der Waals surface area (Å²) in [7, 11) is 0. The van der Waals surface area contributed by atoms with E-state index in [4.69, 9.17) is 4.98 Å². The van der Waals surface area contributed by atoms with Crippen molar-refractivity contribution in [3.63, 3.8) is 0 Å². The Balaban J connectivity index is 1.44. The number of thioether (sulfide) groups is 1. The molecule has 8 heteroatoms. The maximum absolute atomic E-state index is 12.4. The number of carbonyl (C=O) groups excluding carboxylic acids is 1. The molecule has 0 radical (unpaired) electrons. The molecule has 2 aliphatic rings. The molecule has 1 amide bonds. The van der Waals surface area contributed by atoms with Crippen molar-refractivity contribution in [1.29, 1.82) is 0 Å². The van der Waals surface area contributed by atoms with Crippen LogP contribution in [0.3, 0.4) is 0 Å². The van der Waals surface area contributed by atoms with Crippen LogP contribution in [0.4, 0.5) is 0 Å². The topological polar surface area (TPSA) is 63.4 Å². The highest BCUT2D eigenvalue weighted by atomic mass is 32.2. The lowest BCUT2D eigenvalue weighted by atomic mass is 9.72. The lowest BCUT2D eigenvalue weighted by Gasteiger charge is -2.33. The zero-order valence-corrected chi connectivity index (χ0v) is 18.9. The smallest absolute Gasteiger partial charge is 0.233 e. The van der Waals surface area contributed by atoms with Gasteiger partial charge in [0.1, 0.15) is 11.2 Å². The first-order valence-corrected chi connectivity index (χ1v) is 12.3. The van der Waals surface area contributed by atoms with Crippen molar-refractivity contribution in [3.8, 4) is 0 Å². The van der Waals surface area contributed by atoms with Crippen molar-refractivity contribution in [2.45, 2.75) is 58.0 Å². The van der Waals surface area contributed by atoms with Crippen LogP contribution >= 0.6 is 23.1 Å². The van der Waals surface area contributed by atoms with E-state index in [0.29, 0.717) is 17.1 Å². The largest absolute Gasteiger partial charge is 0.342 e. The molecule has 29 heavy (non-hydrogen) atoms. The minimum absolute atomic E-state index is 0.194. The van der Waals surface area contributed by atoms with Gasteiger partial charge in [0.2, 0.25) is 5.91 Å². The van der Waals surface area contributed by atoms with E-state index >= 15 is 0 Å². The molecule has 0 aromatic carbocycles. The van der Waals surface area contributed by atoms with E-state index in [1.165, 1.54) is 34.0 Å². The second-order valence-corrected chi connectivity index (χ2v) is 11.3. The summed E-state index contributed by atoms with van der Waals surface area (Å²) in [6.07, 6.45) is 7.48. The van der Waals surface area contributed by atoms with Crippen molar-refractivity contribution in [3.05, 3.63) is 16.8 Å².